The van der Waals surface area contributed by atoms with Crippen molar-refractivity contribution in [1.29, 1.82) is 0 Å². The van der Waals surface area contributed by atoms with Gasteiger partial charge in [-0.1, -0.05) is 43.0 Å². The fraction of sp³-hybridized carbons (Fsp3) is 0.343. The Balaban J connectivity index is 1.52. The average Bonchev–Trinajstić information content (AvgIpc) is 3.36. The van der Waals surface area contributed by atoms with Crippen LogP contribution in [0.15, 0.2) is 54.7 Å². The molecule has 0 spiro atoms. The summed E-state index contributed by atoms with van der Waals surface area (Å²) < 4.78 is 5.41. The first-order valence-corrected chi connectivity index (χ1v) is 14.4. The lowest BCUT2D eigenvalue weighted by Crippen LogP contribution is -2.50. The first-order chi connectivity index (χ1) is 19.7. The predicted octanol–water partition coefficient (Wildman–Crippen LogP) is 5.99. The lowest BCUT2D eigenvalue weighted by atomic mass is 9.75. The number of fused-ring (bicyclic) bond motifs is 2. The van der Waals surface area contributed by atoms with Crippen LogP contribution >= 0.6 is 0 Å². The van der Waals surface area contributed by atoms with Gasteiger partial charge in [0.05, 0.1) is 30.4 Å². The van der Waals surface area contributed by atoms with E-state index in [1.54, 1.807) is 0 Å². The van der Waals surface area contributed by atoms with E-state index in [9.17, 15) is 9.90 Å². The lowest BCUT2D eigenvalue weighted by Gasteiger charge is -2.43. The van der Waals surface area contributed by atoms with Gasteiger partial charge in [-0.15, -0.1) is 0 Å². The van der Waals surface area contributed by atoms with E-state index in [2.05, 4.69) is 67.2 Å². The Labute approximate surface area is 241 Å². The number of hydrogen-bond acceptors (Lipinski definition) is 4. The minimum Gasteiger partial charge on any atom is -0.390 e. The summed E-state index contributed by atoms with van der Waals surface area (Å²) in [5, 5.41) is 16.1. The van der Waals surface area contributed by atoms with E-state index < -0.39 is 11.6 Å². The Morgan fingerprint density at radius 2 is 1.78 bits per heavy atom. The second kappa shape index (κ2) is 10.4. The number of para-hydroxylation sites is 1. The van der Waals surface area contributed by atoms with Crippen molar-refractivity contribution in [2.24, 2.45) is 0 Å². The molecule has 0 aliphatic carbocycles. The van der Waals surface area contributed by atoms with Gasteiger partial charge in [0.25, 0.3) is 5.91 Å². The highest BCUT2D eigenvalue weighted by Gasteiger charge is 2.41. The number of benzene rings is 3. The molecular formula is C35H37N3O3. The molecule has 3 aromatic carbocycles. The second-order valence-electron chi connectivity index (χ2n) is 11.9. The molecule has 41 heavy (non-hydrogen) atoms. The first kappa shape index (κ1) is 27.1. The van der Waals surface area contributed by atoms with E-state index in [1.165, 1.54) is 10.9 Å². The van der Waals surface area contributed by atoms with Crippen molar-refractivity contribution < 1.29 is 14.6 Å². The van der Waals surface area contributed by atoms with Crippen molar-refractivity contribution in [3.8, 4) is 23.0 Å². The van der Waals surface area contributed by atoms with E-state index in [1.807, 2.05) is 49.2 Å². The largest absolute Gasteiger partial charge is 0.390 e. The average molecular weight is 548 g/mol. The van der Waals surface area contributed by atoms with Gasteiger partial charge in [-0.3, -0.25) is 4.79 Å². The first-order valence-electron chi connectivity index (χ1n) is 14.4. The molecule has 6 rings (SSSR count). The summed E-state index contributed by atoms with van der Waals surface area (Å²) in [5.74, 6) is 6.77. The highest BCUT2D eigenvalue weighted by molar-refractivity contribution is 5.98. The number of morpholine rings is 1. The molecule has 210 valence electrons. The zero-order valence-electron chi connectivity index (χ0n) is 24.4. The summed E-state index contributed by atoms with van der Waals surface area (Å²) >= 11 is 0. The highest BCUT2D eigenvalue weighted by Crippen LogP contribution is 2.46. The van der Waals surface area contributed by atoms with Crippen molar-refractivity contribution in [2.45, 2.75) is 52.2 Å². The summed E-state index contributed by atoms with van der Waals surface area (Å²) in [4.78, 5) is 18.5. The number of amides is 1. The van der Waals surface area contributed by atoms with Crippen LogP contribution in [0.1, 0.15) is 64.9 Å². The number of nitrogens with one attached hydrogen (secondary N) is 2. The third kappa shape index (κ3) is 4.80. The number of H-pyrrole nitrogens is 1. The van der Waals surface area contributed by atoms with E-state index in [0.29, 0.717) is 31.9 Å². The van der Waals surface area contributed by atoms with Crippen molar-refractivity contribution in [2.75, 3.05) is 31.6 Å². The number of aryl methyl sites for hydroxylation is 2. The zero-order chi connectivity index (χ0) is 28.9. The third-order valence-electron chi connectivity index (χ3n) is 8.63. The van der Waals surface area contributed by atoms with Crippen LogP contribution < -0.4 is 5.32 Å². The molecule has 2 atom stereocenters. The van der Waals surface area contributed by atoms with Gasteiger partial charge < -0.3 is 25.0 Å². The van der Waals surface area contributed by atoms with E-state index >= 15 is 0 Å². The number of nitrogens with zero attached hydrogens (tertiary/aromatic N) is 1. The number of anilines is 1. The Kier molecular flexibility index (Phi) is 6.89. The molecule has 1 amide bonds. The van der Waals surface area contributed by atoms with Gasteiger partial charge in [0, 0.05) is 64.1 Å². The third-order valence-corrected chi connectivity index (χ3v) is 8.63. The van der Waals surface area contributed by atoms with Crippen molar-refractivity contribution in [3.63, 3.8) is 0 Å². The van der Waals surface area contributed by atoms with Crippen LogP contribution in [0.3, 0.4) is 0 Å². The van der Waals surface area contributed by atoms with Crippen LogP contribution in [0.4, 0.5) is 5.69 Å². The number of aromatic nitrogens is 1. The molecule has 2 aliphatic rings. The van der Waals surface area contributed by atoms with Crippen LogP contribution in [-0.2, 0) is 4.74 Å². The monoisotopic (exact) mass is 547 g/mol. The summed E-state index contributed by atoms with van der Waals surface area (Å²) in [6.45, 7) is 12.7. The summed E-state index contributed by atoms with van der Waals surface area (Å²) in [7, 11) is 0. The molecule has 1 fully saturated rings. The molecule has 0 radical (unpaired) electrons. The van der Waals surface area contributed by atoms with Gasteiger partial charge in [-0.2, -0.15) is 0 Å². The standard InChI is InChI=1S/C35H37N3O3/c1-21-18-29(28-11-7-10-26-22(2)20-36-32(26)28)27(30-23(3)33(39)35(4,5)37-31(21)30)13-12-24-8-6-9-25(19-24)34(40)38-14-16-41-17-15-38/h6-11,18-20,23,33,36-37,39H,14-17H2,1-5H3/t23-,33?/m0/s1. The number of carbonyl (C=O) groups excluding carboxylic acids is 1. The second-order valence-corrected chi connectivity index (χ2v) is 11.9. The molecular weight excluding hydrogens is 510 g/mol. The van der Waals surface area contributed by atoms with Gasteiger partial charge >= 0.3 is 0 Å². The molecule has 0 saturated carbocycles. The van der Waals surface area contributed by atoms with E-state index in [0.717, 1.165) is 44.6 Å². The van der Waals surface area contributed by atoms with Crippen LogP contribution in [0.2, 0.25) is 0 Å². The van der Waals surface area contributed by atoms with E-state index in [-0.39, 0.29) is 11.8 Å². The molecule has 1 unspecified atom stereocenters. The maximum atomic E-state index is 13.1. The minimum absolute atomic E-state index is 0.00215. The summed E-state index contributed by atoms with van der Waals surface area (Å²) in [6.07, 6.45) is 1.45. The lowest BCUT2D eigenvalue weighted by molar-refractivity contribution is 0.0303. The van der Waals surface area contributed by atoms with Crippen molar-refractivity contribution >= 4 is 22.5 Å². The van der Waals surface area contributed by atoms with Gasteiger partial charge in [-0.25, -0.2) is 0 Å². The number of aromatic amines is 1. The number of carbonyl (C=O) groups is 1. The van der Waals surface area contributed by atoms with Gasteiger partial charge in [0.15, 0.2) is 0 Å². The summed E-state index contributed by atoms with van der Waals surface area (Å²) in [6, 6.07) is 16.1. The molecule has 0 bridgehead atoms. The summed E-state index contributed by atoms with van der Waals surface area (Å²) in [5.41, 5.74) is 9.37. The molecule has 6 heteroatoms. The fourth-order valence-electron chi connectivity index (χ4n) is 6.32. The zero-order valence-corrected chi connectivity index (χ0v) is 24.4. The maximum absolute atomic E-state index is 13.1. The smallest absolute Gasteiger partial charge is 0.254 e. The molecule has 6 nitrogen and oxygen atoms in total. The van der Waals surface area contributed by atoms with Crippen LogP contribution in [0, 0.1) is 25.7 Å². The van der Waals surface area contributed by atoms with Gasteiger partial charge in [0.2, 0.25) is 0 Å². The van der Waals surface area contributed by atoms with Crippen molar-refractivity contribution in [1.82, 2.24) is 9.88 Å². The molecule has 1 aromatic heterocycles. The highest BCUT2D eigenvalue weighted by atomic mass is 16.5. The van der Waals surface area contributed by atoms with Gasteiger partial charge in [-0.05, 0) is 68.7 Å². The number of ether oxygens (including phenoxy) is 1. The Hall–Kier alpha value is -4.05. The molecule has 3 heterocycles. The molecule has 1 saturated heterocycles. The molecule has 4 aromatic rings. The van der Waals surface area contributed by atoms with Crippen LogP contribution in [0.5, 0.6) is 0 Å². The van der Waals surface area contributed by atoms with Crippen LogP contribution in [-0.4, -0.2) is 58.8 Å². The minimum atomic E-state index is -0.594. The van der Waals surface area contributed by atoms with Crippen LogP contribution in [0.25, 0.3) is 22.0 Å². The number of rotatable bonds is 2. The number of hydrogen-bond donors (Lipinski definition) is 3. The SMILES string of the molecule is Cc1cc(-c2cccc3c(C)c[nH]c23)c(C#Cc2cccc(C(=O)N3CCOCC3)c2)c2c1NC(C)(C)C(O)[C@H]2C. The topological polar surface area (TPSA) is 77.6 Å². The fourth-order valence-corrected chi connectivity index (χ4v) is 6.32. The molecule has 3 N–H and O–H groups in total. The molecule has 2 aliphatic heterocycles. The predicted molar refractivity (Wildman–Crippen MR) is 164 cm³/mol. The number of aliphatic hydroxyl groups excluding tert-OH is 1. The quantitative estimate of drug-likeness (QED) is 0.269. The number of aliphatic hydroxyl groups is 1. The van der Waals surface area contributed by atoms with E-state index in [4.69, 9.17) is 4.74 Å². The van der Waals surface area contributed by atoms with Crippen molar-refractivity contribution in [3.05, 3.63) is 88.1 Å². The Morgan fingerprint density at radius 3 is 2.56 bits per heavy atom. The normalized spacial score (nSPS) is 19.7. The van der Waals surface area contributed by atoms with Gasteiger partial charge in [0.1, 0.15) is 0 Å². The maximum Gasteiger partial charge on any atom is 0.254 e. The Morgan fingerprint density at radius 1 is 1.02 bits per heavy atom. The Bertz CT molecular complexity index is 1720.